The fraction of sp³-hybridized carbons (Fsp3) is 0.333. The number of carbonyl (C=O) groups excluding carboxylic acids is 1. The summed E-state index contributed by atoms with van der Waals surface area (Å²) in [5.74, 6) is 0.454. The van der Waals surface area contributed by atoms with Crippen molar-refractivity contribution in [3.05, 3.63) is 29.3 Å². The van der Waals surface area contributed by atoms with Crippen LogP contribution in [-0.4, -0.2) is 23.3 Å². The SMILES string of the molecule is Cc1ccc2c(c1)CCC(C(=O)C=NO)O2. The Balaban J connectivity index is 2.18. The molecule has 1 atom stereocenters. The minimum Gasteiger partial charge on any atom is -0.482 e. The number of ketones is 1. The first-order chi connectivity index (χ1) is 7.70. The summed E-state index contributed by atoms with van der Waals surface area (Å²) >= 11 is 0. The Labute approximate surface area is 93.5 Å². The highest BCUT2D eigenvalue weighted by molar-refractivity contribution is 6.29. The van der Waals surface area contributed by atoms with E-state index in [0.717, 1.165) is 23.9 Å². The van der Waals surface area contributed by atoms with Crippen LogP contribution in [0.1, 0.15) is 17.5 Å². The molecule has 4 nitrogen and oxygen atoms in total. The second-order valence-corrected chi connectivity index (χ2v) is 3.90. The standard InChI is InChI=1S/C12H13NO3/c1-8-2-4-11-9(6-8)3-5-12(16-11)10(14)7-13-15/h2,4,6-7,12,15H,3,5H2,1H3. The number of nitrogens with zero attached hydrogens (tertiary/aromatic N) is 1. The van der Waals surface area contributed by atoms with Crippen LogP contribution < -0.4 is 4.74 Å². The Bertz CT molecular complexity index is 440. The van der Waals surface area contributed by atoms with Gasteiger partial charge in [0.15, 0.2) is 6.10 Å². The maximum absolute atomic E-state index is 11.4. The normalized spacial score (nSPS) is 19.2. The van der Waals surface area contributed by atoms with Crippen LogP contribution in [0, 0.1) is 6.92 Å². The number of aryl methyl sites for hydroxylation is 2. The number of hydrogen-bond donors (Lipinski definition) is 1. The van der Waals surface area contributed by atoms with E-state index in [-0.39, 0.29) is 5.78 Å². The number of rotatable bonds is 2. The van der Waals surface area contributed by atoms with E-state index >= 15 is 0 Å². The molecule has 1 heterocycles. The molecule has 16 heavy (non-hydrogen) atoms. The third-order valence-electron chi connectivity index (χ3n) is 2.66. The van der Waals surface area contributed by atoms with Gasteiger partial charge in [-0.25, -0.2) is 0 Å². The molecular weight excluding hydrogens is 206 g/mol. The third kappa shape index (κ3) is 2.05. The van der Waals surface area contributed by atoms with Gasteiger partial charge in [-0.2, -0.15) is 0 Å². The summed E-state index contributed by atoms with van der Waals surface area (Å²) in [4.78, 5) is 11.4. The van der Waals surface area contributed by atoms with E-state index in [1.54, 1.807) is 0 Å². The third-order valence-corrected chi connectivity index (χ3v) is 2.66. The molecule has 0 radical (unpaired) electrons. The first-order valence-corrected chi connectivity index (χ1v) is 5.18. The molecule has 0 bridgehead atoms. The van der Waals surface area contributed by atoms with Crippen LogP contribution in [0.3, 0.4) is 0 Å². The lowest BCUT2D eigenvalue weighted by atomic mass is 9.99. The molecule has 0 aromatic heterocycles. The van der Waals surface area contributed by atoms with Gasteiger partial charge in [0.05, 0.1) is 0 Å². The maximum atomic E-state index is 11.4. The molecule has 0 saturated heterocycles. The van der Waals surface area contributed by atoms with E-state index in [4.69, 9.17) is 9.94 Å². The molecule has 1 aliphatic heterocycles. The predicted molar refractivity (Wildman–Crippen MR) is 59.2 cm³/mol. The van der Waals surface area contributed by atoms with Gasteiger partial charge in [0.2, 0.25) is 5.78 Å². The van der Waals surface area contributed by atoms with Crippen molar-refractivity contribution >= 4 is 12.0 Å². The number of hydrogen-bond acceptors (Lipinski definition) is 4. The molecule has 84 valence electrons. The van der Waals surface area contributed by atoms with Gasteiger partial charge in [0.25, 0.3) is 0 Å². The van der Waals surface area contributed by atoms with Crippen molar-refractivity contribution in [2.45, 2.75) is 25.9 Å². The van der Waals surface area contributed by atoms with E-state index in [1.165, 1.54) is 5.56 Å². The molecular formula is C12H13NO3. The van der Waals surface area contributed by atoms with Gasteiger partial charge in [0.1, 0.15) is 12.0 Å². The molecule has 1 N–H and O–H groups in total. The molecule has 4 heteroatoms. The predicted octanol–water partition coefficient (Wildman–Crippen LogP) is 1.72. The average molecular weight is 219 g/mol. The van der Waals surface area contributed by atoms with Crippen LogP contribution in [0.2, 0.25) is 0 Å². The van der Waals surface area contributed by atoms with Crippen LogP contribution in [0.15, 0.2) is 23.4 Å². The molecule has 0 aliphatic carbocycles. The highest BCUT2D eigenvalue weighted by Crippen LogP contribution is 2.28. The average Bonchev–Trinajstić information content (AvgIpc) is 2.28. The molecule has 1 unspecified atom stereocenters. The second-order valence-electron chi connectivity index (χ2n) is 3.90. The summed E-state index contributed by atoms with van der Waals surface area (Å²) in [7, 11) is 0. The zero-order valence-corrected chi connectivity index (χ0v) is 9.01. The first kappa shape index (κ1) is 10.7. The van der Waals surface area contributed by atoms with Crippen molar-refractivity contribution < 1.29 is 14.7 Å². The molecule has 0 fully saturated rings. The second kappa shape index (κ2) is 4.35. The summed E-state index contributed by atoms with van der Waals surface area (Å²) in [5.41, 5.74) is 2.31. The lowest BCUT2D eigenvalue weighted by Gasteiger charge is -2.24. The molecule has 1 aromatic carbocycles. The van der Waals surface area contributed by atoms with E-state index in [1.807, 2.05) is 19.1 Å². The Hall–Kier alpha value is -1.84. The molecule has 0 amide bonds. The monoisotopic (exact) mass is 219 g/mol. The van der Waals surface area contributed by atoms with Gasteiger partial charge in [-0.05, 0) is 31.4 Å². The van der Waals surface area contributed by atoms with Crippen LogP contribution in [0.25, 0.3) is 0 Å². The lowest BCUT2D eigenvalue weighted by molar-refractivity contribution is -0.119. The largest absolute Gasteiger partial charge is 0.482 e. The summed E-state index contributed by atoms with van der Waals surface area (Å²) in [6.45, 7) is 2.02. The minimum absolute atomic E-state index is 0.297. The van der Waals surface area contributed by atoms with E-state index in [0.29, 0.717) is 6.42 Å². The zero-order valence-electron chi connectivity index (χ0n) is 9.01. The van der Waals surface area contributed by atoms with Crippen LogP contribution in [0.5, 0.6) is 5.75 Å². The maximum Gasteiger partial charge on any atom is 0.217 e. The molecule has 2 rings (SSSR count). The molecule has 0 saturated carbocycles. The van der Waals surface area contributed by atoms with Gasteiger partial charge < -0.3 is 9.94 Å². The van der Waals surface area contributed by atoms with Gasteiger partial charge in [-0.15, -0.1) is 0 Å². The number of ether oxygens (including phenoxy) is 1. The number of benzene rings is 1. The molecule has 1 aromatic rings. The zero-order chi connectivity index (χ0) is 11.5. The van der Waals surface area contributed by atoms with Crippen molar-refractivity contribution in [1.82, 2.24) is 0 Å². The quantitative estimate of drug-likeness (QED) is 0.468. The van der Waals surface area contributed by atoms with Crippen molar-refractivity contribution in [2.24, 2.45) is 5.16 Å². The number of fused-ring (bicyclic) bond motifs is 1. The Kier molecular flexibility index (Phi) is 2.90. The van der Waals surface area contributed by atoms with Crippen molar-refractivity contribution in [3.63, 3.8) is 0 Å². The van der Waals surface area contributed by atoms with E-state index in [2.05, 4.69) is 11.2 Å². The van der Waals surface area contributed by atoms with Gasteiger partial charge >= 0.3 is 0 Å². The van der Waals surface area contributed by atoms with Gasteiger partial charge in [-0.3, -0.25) is 4.79 Å². The Morgan fingerprint density at radius 3 is 3.19 bits per heavy atom. The summed E-state index contributed by atoms with van der Waals surface area (Å²) < 4.78 is 5.55. The number of carbonyl (C=O) groups is 1. The van der Waals surface area contributed by atoms with Gasteiger partial charge in [-0.1, -0.05) is 22.9 Å². The fourth-order valence-electron chi connectivity index (χ4n) is 1.86. The molecule has 0 spiro atoms. The minimum atomic E-state index is -0.522. The fourth-order valence-corrected chi connectivity index (χ4v) is 1.86. The van der Waals surface area contributed by atoms with E-state index in [9.17, 15) is 4.79 Å². The Morgan fingerprint density at radius 1 is 1.62 bits per heavy atom. The Morgan fingerprint density at radius 2 is 2.44 bits per heavy atom. The molecule has 1 aliphatic rings. The topological polar surface area (TPSA) is 58.9 Å². The summed E-state index contributed by atoms with van der Waals surface area (Å²) in [5, 5.41) is 11.0. The number of oxime groups is 1. The first-order valence-electron chi connectivity index (χ1n) is 5.18. The van der Waals surface area contributed by atoms with Crippen molar-refractivity contribution in [1.29, 1.82) is 0 Å². The van der Waals surface area contributed by atoms with Gasteiger partial charge in [0, 0.05) is 0 Å². The highest BCUT2D eigenvalue weighted by Gasteiger charge is 2.24. The van der Waals surface area contributed by atoms with Crippen LogP contribution in [-0.2, 0) is 11.2 Å². The van der Waals surface area contributed by atoms with Crippen LogP contribution in [0.4, 0.5) is 0 Å². The smallest absolute Gasteiger partial charge is 0.217 e. The number of Topliss-reactive ketones (excluding diaryl/α,β-unsaturated/α-hetero) is 1. The summed E-state index contributed by atoms with van der Waals surface area (Å²) in [6, 6.07) is 5.89. The summed E-state index contributed by atoms with van der Waals surface area (Å²) in [6.07, 6.45) is 1.81. The van der Waals surface area contributed by atoms with Crippen molar-refractivity contribution in [2.75, 3.05) is 0 Å². The van der Waals surface area contributed by atoms with Crippen LogP contribution >= 0.6 is 0 Å². The lowest BCUT2D eigenvalue weighted by Crippen LogP contribution is -2.32. The van der Waals surface area contributed by atoms with E-state index < -0.39 is 6.10 Å². The van der Waals surface area contributed by atoms with Crippen molar-refractivity contribution in [3.8, 4) is 5.75 Å². The highest BCUT2D eigenvalue weighted by atomic mass is 16.5.